The summed E-state index contributed by atoms with van der Waals surface area (Å²) in [5.74, 6) is 0.854. The van der Waals surface area contributed by atoms with Crippen molar-refractivity contribution in [1.29, 1.82) is 0 Å². The quantitative estimate of drug-likeness (QED) is 0.103. The first-order valence-corrected chi connectivity index (χ1v) is 14.2. The Hall–Kier alpha value is -3.43. The molecule has 0 aliphatic carbocycles. The van der Waals surface area contributed by atoms with Crippen molar-refractivity contribution in [2.45, 2.75) is 0 Å². The van der Waals surface area contributed by atoms with E-state index >= 15 is 0 Å². The average Bonchev–Trinajstić information content (AvgIpc) is 2.94. The molecule has 0 aromatic heterocycles. The van der Waals surface area contributed by atoms with E-state index in [1.54, 1.807) is 24.3 Å². The van der Waals surface area contributed by atoms with Crippen LogP contribution in [0.2, 0.25) is 0 Å². The van der Waals surface area contributed by atoms with Crippen molar-refractivity contribution < 1.29 is 14.3 Å². The van der Waals surface area contributed by atoms with Crippen LogP contribution in [0, 0.1) is 7.14 Å². The van der Waals surface area contributed by atoms with Gasteiger partial charge in [-0.2, -0.15) is 0 Å². The van der Waals surface area contributed by atoms with Gasteiger partial charge in [-0.15, -0.1) is 0 Å². The fraction of sp³-hybridized carbons (Fsp3) is 0. The molecule has 0 radical (unpaired) electrons. The Bertz CT molecular complexity index is 1660. The summed E-state index contributed by atoms with van der Waals surface area (Å²) >= 11 is 4.72. The van der Waals surface area contributed by atoms with Crippen LogP contribution in [0.25, 0.3) is 43.8 Å². The molecule has 6 rings (SSSR count). The lowest BCUT2D eigenvalue weighted by atomic mass is 9.98. The molecule has 0 unspecified atom stereocenters. The van der Waals surface area contributed by atoms with Gasteiger partial charge in [0.05, 0.1) is 0 Å². The molecule has 38 heavy (non-hydrogen) atoms. The second-order valence-corrected chi connectivity index (χ2v) is 11.1. The number of fused-ring (bicyclic) bond motifs is 2. The summed E-state index contributed by atoms with van der Waals surface area (Å²) < 4.78 is 13.2. The zero-order chi connectivity index (χ0) is 26.1. The zero-order valence-corrected chi connectivity index (χ0v) is 24.3. The van der Waals surface area contributed by atoms with Crippen molar-refractivity contribution in [3.05, 3.63) is 128 Å². The van der Waals surface area contributed by atoms with Crippen LogP contribution < -0.4 is 9.47 Å². The molecule has 0 bridgehead atoms. The highest BCUT2D eigenvalue weighted by Crippen LogP contribution is 2.35. The first kappa shape index (κ1) is 24.9. The van der Waals surface area contributed by atoms with Crippen LogP contribution >= 0.6 is 45.2 Å². The minimum absolute atomic E-state index is 0.427. The molecule has 0 saturated carbocycles. The van der Waals surface area contributed by atoms with Crippen LogP contribution in [0.5, 0.6) is 11.5 Å². The number of hydrogen-bond donors (Lipinski definition) is 0. The molecule has 0 atom stereocenters. The summed E-state index contributed by atoms with van der Waals surface area (Å²) in [5.41, 5.74) is 4.45. The topological polar surface area (TPSA) is 35.5 Å². The molecular weight excluding hydrogens is 698 g/mol. The number of benzene rings is 6. The minimum atomic E-state index is -0.773. The molecule has 5 heteroatoms. The Morgan fingerprint density at radius 2 is 0.868 bits per heavy atom. The highest BCUT2D eigenvalue weighted by Gasteiger charge is 2.13. The predicted molar refractivity (Wildman–Crippen MR) is 171 cm³/mol. The van der Waals surface area contributed by atoms with Crippen molar-refractivity contribution >= 4 is 72.9 Å². The van der Waals surface area contributed by atoms with Crippen LogP contribution in [0.15, 0.2) is 121 Å². The molecule has 0 aliphatic rings. The third-order valence-corrected chi connectivity index (χ3v) is 8.24. The molecule has 3 nitrogen and oxygen atoms in total. The van der Waals surface area contributed by atoms with Crippen LogP contribution in [0.3, 0.4) is 0 Å². The summed E-state index contributed by atoms with van der Waals surface area (Å²) in [6, 6.07) is 40.2. The molecule has 0 saturated heterocycles. The molecule has 0 amide bonds. The van der Waals surface area contributed by atoms with E-state index in [0.717, 1.165) is 18.3 Å². The van der Waals surface area contributed by atoms with E-state index in [9.17, 15) is 4.79 Å². The van der Waals surface area contributed by atoms with E-state index in [1.165, 1.54) is 32.7 Å². The summed E-state index contributed by atoms with van der Waals surface area (Å²) in [5, 5.41) is 4.75. The normalized spacial score (nSPS) is 11.0. The Kier molecular flexibility index (Phi) is 7.04. The largest absolute Gasteiger partial charge is 0.519 e. The number of ether oxygens (including phenoxy) is 2. The SMILES string of the molecule is O=C(Oc1ccc(-c2c(I)ccc3ccccc23)cc1)Oc1ccc(-c2c(I)ccc3ccccc23)cc1. The molecule has 0 spiro atoms. The van der Waals surface area contributed by atoms with Gasteiger partial charge in [-0.1, -0.05) is 84.9 Å². The molecule has 0 fully saturated rings. The van der Waals surface area contributed by atoms with E-state index in [2.05, 4.69) is 93.7 Å². The standard InChI is InChI=1S/C33H20I2O3/c34-29-19-13-21-5-1-3-7-27(21)31(29)23-9-15-25(16-10-23)37-33(36)38-26-17-11-24(12-18-26)32-28-8-4-2-6-22(28)14-20-30(32)35/h1-20H. The van der Waals surface area contributed by atoms with E-state index < -0.39 is 6.16 Å². The van der Waals surface area contributed by atoms with Gasteiger partial charge in [0.1, 0.15) is 11.5 Å². The number of rotatable bonds is 4. The number of hydrogen-bond acceptors (Lipinski definition) is 3. The molecule has 0 aliphatic heterocycles. The highest BCUT2D eigenvalue weighted by atomic mass is 127. The lowest BCUT2D eigenvalue weighted by Crippen LogP contribution is -2.13. The Morgan fingerprint density at radius 3 is 1.29 bits per heavy atom. The van der Waals surface area contributed by atoms with Crippen LogP contribution in [0.1, 0.15) is 0 Å². The molecule has 184 valence electrons. The average molecular weight is 718 g/mol. The maximum absolute atomic E-state index is 12.5. The van der Waals surface area contributed by atoms with E-state index in [1.807, 2.05) is 48.5 Å². The summed E-state index contributed by atoms with van der Waals surface area (Å²) in [6.07, 6.45) is -0.773. The molecular formula is C33H20I2O3. The maximum atomic E-state index is 12.5. The zero-order valence-electron chi connectivity index (χ0n) is 20.0. The summed E-state index contributed by atoms with van der Waals surface area (Å²) in [6.45, 7) is 0. The number of carbonyl (C=O) groups is 1. The van der Waals surface area contributed by atoms with E-state index in [-0.39, 0.29) is 0 Å². The lowest BCUT2D eigenvalue weighted by Gasteiger charge is -2.12. The Balaban J connectivity index is 1.17. The first-order valence-electron chi connectivity index (χ1n) is 12.0. The molecule has 6 aromatic carbocycles. The van der Waals surface area contributed by atoms with Gasteiger partial charge in [-0.05, 0) is 114 Å². The van der Waals surface area contributed by atoms with Crippen LogP contribution in [-0.2, 0) is 0 Å². The first-order chi connectivity index (χ1) is 18.6. The predicted octanol–water partition coefficient (Wildman–Crippen LogP) is 10.1. The molecule has 0 N–H and O–H groups in total. The van der Waals surface area contributed by atoms with Gasteiger partial charge in [-0.25, -0.2) is 4.79 Å². The van der Waals surface area contributed by atoms with Crippen molar-refractivity contribution in [2.24, 2.45) is 0 Å². The van der Waals surface area contributed by atoms with Crippen molar-refractivity contribution in [3.8, 4) is 33.8 Å². The maximum Gasteiger partial charge on any atom is 0.519 e. The van der Waals surface area contributed by atoms with Gasteiger partial charge >= 0.3 is 6.16 Å². The van der Waals surface area contributed by atoms with Gasteiger partial charge in [-0.3, -0.25) is 0 Å². The Labute approximate surface area is 247 Å². The van der Waals surface area contributed by atoms with Gasteiger partial charge in [0.25, 0.3) is 0 Å². The number of halogens is 2. The minimum Gasteiger partial charge on any atom is -0.395 e. The summed E-state index contributed by atoms with van der Waals surface area (Å²) in [4.78, 5) is 12.5. The van der Waals surface area contributed by atoms with Gasteiger partial charge in [0, 0.05) is 18.3 Å². The third-order valence-electron chi connectivity index (χ3n) is 6.44. The van der Waals surface area contributed by atoms with Gasteiger partial charge < -0.3 is 9.47 Å². The monoisotopic (exact) mass is 718 g/mol. The van der Waals surface area contributed by atoms with Gasteiger partial charge in [0.2, 0.25) is 0 Å². The fourth-order valence-corrected chi connectivity index (χ4v) is 6.23. The van der Waals surface area contributed by atoms with Crippen LogP contribution in [-0.4, -0.2) is 6.16 Å². The fourth-order valence-electron chi connectivity index (χ4n) is 4.67. The van der Waals surface area contributed by atoms with Crippen molar-refractivity contribution in [1.82, 2.24) is 0 Å². The summed E-state index contributed by atoms with van der Waals surface area (Å²) in [7, 11) is 0. The van der Waals surface area contributed by atoms with Gasteiger partial charge in [0.15, 0.2) is 0 Å². The van der Waals surface area contributed by atoms with Crippen LogP contribution in [0.4, 0.5) is 4.79 Å². The van der Waals surface area contributed by atoms with Crippen molar-refractivity contribution in [2.75, 3.05) is 0 Å². The Morgan fingerprint density at radius 1 is 0.474 bits per heavy atom. The molecule has 6 aromatic rings. The molecule has 0 heterocycles. The second kappa shape index (κ2) is 10.7. The highest BCUT2D eigenvalue weighted by molar-refractivity contribution is 14.1. The second-order valence-electron chi connectivity index (χ2n) is 8.79. The van der Waals surface area contributed by atoms with Crippen molar-refractivity contribution in [3.63, 3.8) is 0 Å². The van der Waals surface area contributed by atoms with E-state index in [0.29, 0.717) is 11.5 Å². The third kappa shape index (κ3) is 5.00. The smallest absolute Gasteiger partial charge is 0.395 e. The number of carbonyl (C=O) groups excluding carboxylic acids is 1. The van der Waals surface area contributed by atoms with E-state index in [4.69, 9.17) is 9.47 Å². The lowest BCUT2D eigenvalue weighted by molar-refractivity contribution is 0.152.